The first-order valence-electron chi connectivity index (χ1n) is 29.2. The predicted molar refractivity (Wildman–Crippen MR) is 396 cm³/mol. The Morgan fingerprint density at radius 3 is 1.10 bits per heavy atom. The molecule has 6 aromatic carbocycles. The molecule has 0 radical (unpaired) electrons. The van der Waals surface area contributed by atoms with E-state index in [1.807, 2.05) is 6.92 Å². The Morgan fingerprint density at radius 1 is 0.516 bits per heavy atom. The first kappa shape index (κ1) is 88.6. The fraction of sp³-hybridized carbons (Fsp3) is 0.232. The van der Waals surface area contributed by atoms with E-state index in [4.69, 9.17) is 96.6 Å². The van der Waals surface area contributed by atoms with Crippen LogP contribution in [0.4, 0.5) is 0 Å². The monoisotopic (exact) mass is 1710 g/mol. The molecule has 0 saturated carbocycles. The molecular weight excluding hydrogens is 1640 g/mol. The van der Waals surface area contributed by atoms with Crippen LogP contribution in [0, 0.1) is 0 Å². The van der Waals surface area contributed by atoms with E-state index in [2.05, 4.69) is 248 Å². The van der Waals surface area contributed by atoms with Gasteiger partial charge in [-0.25, -0.2) is 19.9 Å². The van der Waals surface area contributed by atoms with Gasteiger partial charge in [0.1, 0.15) is 11.5 Å². The number of hydrogen-bond acceptors (Lipinski definition) is 11. The van der Waals surface area contributed by atoms with Gasteiger partial charge in [-0.3, -0.25) is 4.79 Å². The Balaban J connectivity index is 0.000000571. The van der Waals surface area contributed by atoms with Crippen molar-refractivity contribution in [3.63, 3.8) is 0 Å². The summed E-state index contributed by atoms with van der Waals surface area (Å²) < 4.78 is 19.7. The maximum Gasteiger partial charge on any atom is 1.00 e. The van der Waals surface area contributed by atoms with Gasteiger partial charge in [0.15, 0.2) is 5.15 Å². The molecule has 0 unspecified atom stereocenters. The van der Waals surface area contributed by atoms with Gasteiger partial charge < -0.3 is 16.3 Å². The third-order valence-electron chi connectivity index (χ3n) is 13.2. The Bertz CT molecular complexity index is 3340. The number of aromatic nitrogens is 4. The van der Waals surface area contributed by atoms with E-state index in [1.165, 1.54) is 110 Å². The third kappa shape index (κ3) is 32.0. The topological polar surface area (TPSA) is 119 Å². The number of halogens is 7. The molecule has 0 saturated heterocycles. The predicted octanol–water partition coefficient (Wildman–Crippen LogP) is 14.4. The average molecular weight is 1720 g/mol. The molecule has 0 aliphatic heterocycles. The Hall–Kier alpha value is -0.466. The second-order valence-electron chi connectivity index (χ2n) is 19.4. The van der Waals surface area contributed by atoms with Crippen LogP contribution in [-0.2, 0) is 35.1 Å². The molecule has 0 atom stereocenters. The van der Waals surface area contributed by atoms with Crippen LogP contribution >= 0.6 is 116 Å². The van der Waals surface area contributed by atoms with E-state index in [9.17, 15) is 0 Å². The molecule has 488 valence electrons. The van der Waals surface area contributed by atoms with E-state index in [-0.39, 0.29) is 137 Å². The van der Waals surface area contributed by atoms with Gasteiger partial charge in [0.2, 0.25) is 10.6 Å². The Morgan fingerprint density at radius 2 is 0.806 bits per heavy atom. The van der Waals surface area contributed by atoms with Crippen molar-refractivity contribution in [2.45, 2.75) is 86.5 Å². The second kappa shape index (κ2) is 52.5. The van der Waals surface area contributed by atoms with Crippen LogP contribution in [0.1, 0.15) is 80.3 Å². The van der Waals surface area contributed by atoms with Crippen molar-refractivity contribution in [3.05, 3.63) is 241 Å². The van der Waals surface area contributed by atoms with Crippen molar-refractivity contribution in [1.29, 1.82) is 0 Å². The maximum atomic E-state index is 8.64. The van der Waals surface area contributed by atoms with Crippen molar-refractivity contribution in [3.8, 4) is 0 Å². The average Bonchev–Trinajstić information content (AvgIpc) is 1.57. The number of nitrogens with zero attached hydrogens (tertiary/aromatic N) is 4. The first-order chi connectivity index (χ1) is 44.2. The Labute approximate surface area is 692 Å². The molecule has 0 spiro atoms. The quantitative estimate of drug-likeness (QED) is 0.00955. The minimum atomic E-state index is -2.24. The number of ether oxygens (including phenoxy) is 2. The third-order valence-corrected chi connectivity index (χ3v) is 36.4. The summed E-state index contributed by atoms with van der Waals surface area (Å²) in [7, 11) is 8.74. The molecule has 10 rings (SSSR count). The summed E-state index contributed by atoms with van der Waals surface area (Å²) in [6, 6.07) is 68.1. The van der Waals surface area contributed by atoms with E-state index in [1.54, 1.807) is 12.1 Å². The van der Waals surface area contributed by atoms with Crippen molar-refractivity contribution in [2.24, 2.45) is 0 Å². The van der Waals surface area contributed by atoms with Gasteiger partial charge in [0.25, 0.3) is 6.47 Å². The van der Waals surface area contributed by atoms with Crippen LogP contribution in [0.15, 0.2) is 211 Å². The van der Waals surface area contributed by atoms with Crippen LogP contribution in [-0.4, -0.2) is 58.0 Å². The van der Waals surface area contributed by atoms with Crippen molar-refractivity contribution in [1.82, 2.24) is 19.9 Å². The number of hydrogen-bond donors (Lipinski definition) is 0. The van der Waals surface area contributed by atoms with Crippen LogP contribution in [0.2, 0.25) is 37.7 Å². The summed E-state index contributed by atoms with van der Waals surface area (Å²) in [5.41, 5.74) is 2.01. The van der Waals surface area contributed by atoms with Crippen LogP contribution < -0.4 is 140 Å². The SMILES string of the molecule is C=C(OCC)c1nc(Cl)nc2cc(Cl)sc12.C=[C](OCC)[Sn]([CH2]CCC)([CH2]CCC)[CH2]CCC.Clc1nc(Cl)c2sc(Cl)cc2n1.O=CO[O-].[Cl][Pd][Cl].[H-].[K+].[K+].c1ccc(P(c2ccccc2)c2ccccc2)cc1.c1ccc(P(c2ccccc2)c2ccccc2)cc1. The van der Waals surface area contributed by atoms with Gasteiger partial charge in [-0.05, 0) is 89.9 Å². The molecule has 0 aliphatic carbocycles. The van der Waals surface area contributed by atoms with Crippen molar-refractivity contribution < 1.29 is 145 Å². The Kier molecular flexibility index (Phi) is 50.0. The molecule has 0 bridgehead atoms. The molecule has 0 N–H and O–H groups in total. The van der Waals surface area contributed by atoms with E-state index < -0.39 is 34.2 Å². The minimum absolute atomic E-state index is 0. The molecule has 0 fully saturated rings. The van der Waals surface area contributed by atoms with E-state index >= 15 is 0 Å². The number of fused-ring (bicyclic) bond motifs is 2. The summed E-state index contributed by atoms with van der Waals surface area (Å²) >= 11 is 29.3. The number of thiophene rings is 2. The molecule has 0 aliphatic rings. The molecule has 10 aromatic rings. The molecular formula is C69H75Cl7K2N4O5P2PdS2Sn. The van der Waals surface area contributed by atoms with Crippen LogP contribution in [0.5, 0.6) is 0 Å². The van der Waals surface area contributed by atoms with E-state index in [0.717, 1.165) is 16.0 Å². The zero-order valence-corrected chi connectivity index (χ0v) is 72.6. The molecule has 4 heterocycles. The molecule has 4 aromatic heterocycles. The normalized spacial score (nSPS) is 10.3. The zero-order chi connectivity index (χ0) is 66.2. The first-order valence-corrected chi connectivity index (χ1v) is 46.9. The number of benzene rings is 6. The second-order valence-corrected chi connectivity index (χ2v) is 43.8. The molecule has 93 heavy (non-hydrogen) atoms. The molecule has 9 nitrogen and oxygen atoms in total. The van der Waals surface area contributed by atoms with Crippen LogP contribution in [0.3, 0.4) is 0 Å². The zero-order valence-electron chi connectivity index (χ0n) is 54.2. The van der Waals surface area contributed by atoms with Gasteiger partial charge >= 0.3 is 257 Å². The molecule has 0 amide bonds. The number of unbranched alkanes of at least 4 members (excludes halogenated alkanes) is 3. The summed E-state index contributed by atoms with van der Waals surface area (Å²) in [6.07, 6.45) is 8.10. The van der Waals surface area contributed by atoms with Crippen LogP contribution in [0.25, 0.3) is 26.2 Å². The van der Waals surface area contributed by atoms with Gasteiger partial charge in [-0.1, -0.05) is 223 Å². The van der Waals surface area contributed by atoms with Crippen molar-refractivity contribution in [2.75, 3.05) is 13.2 Å². The number of carbonyl (C=O) groups excluding carboxylic acids is 1. The van der Waals surface area contributed by atoms with Gasteiger partial charge in [0.05, 0.1) is 35.7 Å². The van der Waals surface area contributed by atoms with Gasteiger partial charge in [-0.15, -0.1) is 22.7 Å². The fourth-order valence-corrected chi connectivity index (χ4v) is 31.3. The minimum Gasteiger partial charge on any atom is -1.00 e. The fourth-order valence-electron chi connectivity index (χ4n) is 9.17. The van der Waals surface area contributed by atoms with E-state index in [0.29, 0.717) is 42.9 Å². The summed E-state index contributed by atoms with van der Waals surface area (Å²) in [4.78, 5) is 27.2. The van der Waals surface area contributed by atoms with Crippen molar-refractivity contribution >= 4 is 198 Å². The standard InChI is InChI=1S/2C18H15P.C10H8Cl2N2OS.C6HCl3N2S.C4H7O.3C4H9.CH2O3.2ClH.2K.Pd.Sn.H/c2*1-4-10-16(11-5-1)19(17-12-6-2-7-13-17)18-14-8-3-9-15-18;1-3-15-5(2)8-9-6(4-7(11)16-9)13-10(12)14-8;7-3-1-2-4(12-3)5(8)11-6(9)10-2;1-3-5-4-2;3*1-3-4-2;2-1-4-3;;;;;;;/h2*1-15H;4H,2-3H2,1H3;1H;1,4H2,2H3;3*1,3-4H2,2H3;1,3H;2*1H;;;;;/q;;;;;;;;;;;2*+1;+2;;-1/p-3. The van der Waals surface area contributed by atoms with Gasteiger partial charge in [0, 0.05) is 0 Å². The summed E-state index contributed by atoms with van der Waals surface area (Å²) in [6.45, 7) is 20.2. The molecule has 24 heteroatoms. The number of rotatable bonds is 22. The smallest absolute Gasteiger partial charge is 1.00 e. The number of carbonyl (C=O) groups is 1. The largest absolute Gasteiger partial charge is 1.00 e. The summed E-state index contributed by atoms with van der Waals surface area (Å²) in [5, 5.41) is 17.5. The summed E-state index contributed by atoms with van der Waals surface area (Å²) in [5.74, 6) is 0.482. The van der Waals surface area contributed by atoms with Gasteiger partial charge in [-0.2, -0.15) is 0 Å². The maximum absolute atomic E-state index is 8.64.